The SMILES string of the molecule is CSc1ccc(O[C@H](C)C(=O)NCCCn2cc(C)cn2)cc1. The molecule has 1 aromatic heterocycles. The maximum atomic E-state index is 12.0. The molecule has 0 spiro atoms. The van der Waals surface area contributed by atoms with Gasteiger partial charge in [-0.3, -0.25) is 9.48 Å². The van der Waals surface area contributed by atoms with Crippen LogP contribution in [0.25, 0.3) is 0 Å². The van der Waals surface area contributed by atoms with Gasteiger partial charge in [0.2, 0.25) is 0 Å². The fourth-order valence-corrected chi connectivity index (χ4v) is 2.51. The van der Waals surface area contributed by atoms with Crippen molar-refractivity contribution in [1.29, 1.82) is 0 Å². The van der Waals surface area contributed by atoms with Crippen molar-refractivity contribution in [3.8, 4) is 5.75 Å². The summed E-state index contributed by atoms with van der Waals surface area (Å²) in [5.74, 6) is 0.605. The number of aryl methyl sites for hydroxylation is 2. The van der Waals surface area contributed by atoms with Gasteiger partial charge in [-0.1, -0.05) is 0 Å². The van der Waals surface area contributed by atoms with Gasteiger partial charge in [0.15, 0.2) is 6.10 Å². The molecule has 1 aromatic carbocycles. The Morgan fingerprint density at radius 3 is 2.74 bits per heavy atom. The Hall–Kier alpha value is -1.95. The molecule has 0 saturated heterocycles. The van der Waals surface area contributed by atoms with E-state index in [4.69, 9.17) is 4.74 Å². The largest absolute Gasteiger partial charge is 0.481 e. The van der Waals surface area contributed by atoms with Gasteiger partial charge in [-0.25, -0.2) is 0 Å². The Morgan fingerprint density at radius 2 is 2.13 bits per heavy atom. The lowest BCUT2D eigenvalue weighted by Crippen LogP contribution is -2.37. The second kappa shape index (κ2) is 8.62. The summed E-state index contributed by atoms with van der Waals surface area (Å²) in [6, 6.07) is 7.73. The van der Waals surface area contributed by atoms with Crippen LogP contribution in [0.2, 0.25) is 0 Å². The highest BCUT2D eigenvalue weighted by atomic mass is 32.2. The van der Waals surface area contributed by atoms with Crippen molar-refractivity contribution < 1.29 is 9.53 Å². The Morgan fingerprint density at radius 1 is 1.39 bits per heavy atom. The maximum Gasteiger partial charge on any atom is 0.260 e. The van der Waals surface area contributed by atoms with Crippen molar-refractivity contribution in [3.63, 3.8) is 0 Å². The number of hydrogen-bond donors (Lipinski definition) is 1. The van der Waals surface area contributed by atoms with E-state index in [9.17, 15) is 4.79 Å². The molecule has 0 bridgehead atoms. The highest BCUT2D eigenvalue weighted by molar-refractivity contribution is 7.98. The molecule has 0 aliphatic rings. The molecule has 2 rings (SSSR count). The van der Waals surface area contributed by atoms with E-state index >= 15 is 0 Å². The van der Waals surface area contributed by atoms with Crippen LogP contribution in [0.1, 0.15) is 18.9 Å². The third-order valence-electron chi connectivity index (χ3n) is 3.37. The Bertz CT molecular complexity index is 625. The molecule has 1 atom stereocenters. The van der Waals surface area contributed by atoms with Gasteiger partial charge in [0, 0.05) is 24.2 Å². The van der Waals surface area contributed by atoms with Crippen molar-refractivity contribution in [3.05, 3.63) is 42.2 Å². The monoisotopic (exact) mass is 333 g/mol. The van der Waals surface area contributed by atoms with E-state index in [1.54, 1.807) is 18.7 Å². The summed E-state index contributed by atoms with van der Waals surface area (Å²) in [6.45, 7) is 5.17. The lowest BCUT2D eigenvalue weighted by atomic mass is 10.3. The first kappa shape index (κ1) is 17.4. The molecule has 1 amide bonds. The second-order valence-electron chi connectivity index (χ2n) is 5.36. The van der Waals surface area contributed by atoms with Crippen LogP contribution in [0.3, 0.4) is 0 Å². The average molecular weight is 333 g/mol. The summed E-state index contributed by atoms with van der Waals surface area (Å²) in [5.41, 5.74) is 1.14. The minimum atomic E-state index is -0.512. The van der Waals surface area contributed by atoms with Crippen LogP contribution in [0.4, 0.5) is 0 Å². The summed E-state index contributed by atoms with van der Waals surface area (Å²) >= 11 is 1.67. The predicted octanol–water partition coefficient (Wildman–Crippen LogP) is 2.89. The minimum Gasteiger partial charge on any atom is -0.481 e. The number of hydrogen-bond acceptors (Lipinski definition) is 4. The van der Waals surface area contributed by atoms with Crippen molar-refractivity contribution in [2.24, 2.45) is 0 Å². The highest BCUT2D eigenvalue weighted by Gasteiger charge is 2.13. The highest BCUT2D eigenvalue weighted by Crippen LogP contribution is 2.19. The third kappa shape index (κ3) is 5.63. The average Bonchev–Trinajstić information content (AvgIpc) is 2.97. The molecule has 6 heteroatoms. The van der Waals surface area contributed by atoms with Gasteiger partial charge in [-0.15, -0.1) is 11.8 Å². The number of aromatic nitrogens is 2. The molecule has 0 saturated carbocycles. The standard InChI is InChI=1S/C17H23N3O2S/c1-13-11-19-20(12-13)10-4-9-18-17(21)14(2)22-15-5-7-16(23-3)8-6-15/h5-8,11-12,14H,4,9-10H2,1-3H3,(H,18,21)/t14-/m1/s1. The maximum absolute atomic E-state index is 12.0. The molecule has 0 unspecified atom stereocenters. The van der Waals surface area contributed by atoms with Gasteiger partial charge in [0.1, 0.15) is 5.75 Å². The molecule has 23 heavy (non-hydrogen) atoms. The molecule has 0 aliphatic carbocycles. The fraction of sp³-hybridized carbons (Fsp3) is 0.412. The quantitative estimate of drug-likeness (QED) is 0.596. The number of rotatable bonds is 8. The predicted molar refractivity (Wildman–Crippen MR) is 92.9 cm³/mol. The molecule has 1 heterocycles. The second-order valence-corrected chi connectivity index (χ2v) is 6.24. The fourth-order valence-electron chi connectivity index (χ4n) is 2.10. The minimum absolute atomic E-state index is 0.101. The van der Waals surface area contributed by atoms with Crippen LogP contribution >= 0.6 is 11.8 Å². The van der Waals surface area contributed by atoms with Crippen LogP contribution in [-0.2, 0) is 11.3 Å². The molecule has 0 radical (unpaired) electrons. The van der Waals surface area contributed by atoms with Crippen molar-refractivity contribution >= 4 is 17.7 Å². The summed E-state index contributed by atoms with van der Waals surface area (Å²) in [5, 5.41) is 7.11. The number of ether oxygens (including phenoxy) is 1. The molecular weight excluding hydrogens is 310 g/mol. The van der Waals surface area contributed by atoms with Crippen molar-refractivity contribution in [1.82, 2.24) is 15.1 Å². The number of thioether (sulfide) groups is 1. The molecule has 0 fully saturated rings. The van der Waals surface area contributed by atoms with Gasteiger partial charge in [-0.2, -0.15) is 5.10 Å². The zero-order chi connectivity index (χ0) is 16.7. The molecule has 2 aromatic rings. The van der Waals surface area contributed by atoms with Crippen LogP contribution < -0.4 is 10.1 Å². The Labute approximate surface area is 141 Å². The van der Waals surface area contributed by atoms with Crippen molar-refractivity contribution in [2.75, 3.05) is 12.8 Å². The van der Waals surface area contributed by atoms with E-state index in [1.165, 1.54) is 4.90 Å². The lowest BCUT2D eigenvalue weighted by Gasteiger charge is -2.15. The van der Waals surface area contributed by atoms with E-state index in [-0.39, 0.29) is 5.91 Å². The van der Waals surface area contributed by atoms with Crippen LogP contribution in [0.15, 0.2) is 41.6 Å². The number of carbonyl (C=O) groups excluding carboxylic acids is 1. The molecule has 0 aliphatic heterocycles. The van der Waals surface area contributed by atoms with E-state index in [1.807, 2.05) is 54.5 Å². The first-order valence-electron chi connectivity index (χ1n) is 7.66. The summed E-state index contributed by atoms with van der Waals surface area (Å²) in [6.07, 6.45) is 6.17. The van der Waals surface area contributed by atoms with Gasteiger partial charge >= 0.3 is 0 Å². The normalized spacial score (nSPS) is 12.0. The summed E-state index contributed by atoms with van der Waals surface area (Å²) in [4.78, 5) is 13.2. The number of benzene rings is 1. The smallest absolute Gasteiger partial charge is 0.260 e. The molecular formula is C17H23N3O2S. The molecule has 124 valence electrons. The number of nitrogens with zero attached hydrogens (tertiary/aromatic N) is 2. The zero-order valence-corrected chi connectivity index (χ0v) is 14.6. The number of nitrogens with one attached hydrogen (secondary N) is 1. The van der Waals surface area contributed by atoms with Crippen molar-refractivity contribution in [2.45, 2.75) is 37.8 Å². The van der Waals surface area contributed by atoms with E-state index < -0.39 is 6.10 Å². The van der Waals surface area contributed by atoms with Gasteiger partial charge in [0.05, 0.1) is 6.20 Å². The molecule has 1 N–H and O–H groups in total. The van der Waals surface area contributed by atoms with Crippen LogP contribution in [0.5, 0.6) is 5.75 Å². The van der Waals surface area contributed by atoms with E-state index in [2.05, 4.69) is 10.4 Å². The number of amides is 1. The van der Waals surface area contributed by atoms with Crippen LogP contribution in [0, 0.1) is 6.92 Å². The Kier molecular flexibility index (Phi) is 6.52. The topological polar surface area (TPSA) is 56.1 Å². The van der Waals surface area contributed by atoms with E-state index in [0.717, 1.165) is 18.5 Å². The summed E-state index contributed by atoms with van der Waals surface area (Å²) in [7, 11) is 0. The molecule has 5 nitrogen and oxygen atoms in total. The Balaban J connectivity index is 1.69. The first-order valence-corrected chi connectivity index (χ1v) is 8.88. The van der Waals surface area contributed by atoms with Crippen LogP contribution in [-0.4, -0.2) is 34.6 Å². The zero-order valence-electron chi connectivity index (χ0n) is 13.8. The summed E-state index contributed by atoms with van der Waals surface area (Å²) < 4.78 is 7.54. The lowest BCUT2D eigenvalue weighted by molar-refractivity contribution is -0.127. The number of carbonyl (C=O) groups is 1. The third-order valence-corrected chi connectivity index (χ3v) is 4.11. The van der Waals surface area contributed by atoms with Gasteiger partial charge < -0.3 is 10.1 Å². The van der Waals surface area contributed by atoms with Gasteiger partial charge in [-0.05, 0) is 56.4 Å². The van der Waals surface area contributed by atoms with E-state index in [0.29, 0.717) is 12.3 Å². The first-order chi connectivity index (χ1) is 11.1. The van der Waals surface area contributed by atoms with Gasteiger partial charge in [0.25, 0.3) is 5.91 Å².